The van der Waals surface area contributed by atoms with Crippen LogP contribution in [-0.2, 0) is 11.2 Å². The molecule has 0 radical (unpaired) electrons. The first-order valence-corrected chi connectivity index (χ1v) is 6.57. The number of nitrogen functional groups attached to an aromatic ring is 1. The lowest BCUT2D eigenvalue weighted by molar-refractivity contribution is -0.129. The molecule has 0 aliphatic heterocycles. The van der Waals surface area contributed by atoms with Crippen molar-refractivity contribution >= 4 is 11.6 Å². The molecule has 0 heterocycles. The van der Waals surface area contributed by atoms with E-state index in [9.17, 15) is 4.79 Å². The summed E-state index contributed by atoms with van der Waals surface area (Å²) in [7, 11) is 0. The van der Waals surface area contributed by atoms with Gasteiger partial charge in [0.1, 0.15) is 0 Å². The highest BCUT2D eigenvalue weighted by atomic mass is 16.2. The van der Waals surface area contributed by atoms with Crippen molar-refractivity contribution in [2.24, 2.45) is 5.41 Å². The molecule has 18 heavy (non-hydrogen) atoms. The Morgan fingerprint density at radius 1 is 1.39 bits per heavy atom. The van der Waals surface area contributed by atoms with Gasteiger partial charge in [-0.1, -0.05) is 26.8 Å². The second-order valence-corrected chi connectivity index (χ2v) is 6.13. The highest BCUT2D eigenvalue weighted by Gasteiger charge is 2.27. The van der Waals surface area contributed by atoms with Crippen molar-refractivity contribution in [2.45, 2.75) is 46.1 Å². The molecule has 0 bridgehead atoms. The van der Waals surface area contributed by atoms with Gasteiger partial charge in [-0.3, -0.25) is 4.79 Å². The summed E-state index contributed by atoms with van der Waals surface area (Å²) in [4.78, 5) is 12.1. The molecule has 0 saturated heterocycles. The number of anilines is 1. The van der Waals surface area contributed by atoms with E-state index in [0.29, 0.717) is 0 Å². The lowest BCUT2D eigenvalue weighted by Crippen LogP contribution is -2.38. The van der Waals surface area contributed by atoms with E-state index in [1.807, 2.05) is 32.9 Å². The molecule has 0 aromatic heterocycles. The number of carbonyl (C=O) groups is 1. The Morgan fingerprint density at radius 2 is 2.11 bits per heavy atom. The number of hydrogen-bond acceptors (Lipinski definition) is 2. The normalized spacial score (nSPS) is 19.2. The number of carbonyl (C=O) groups excluding carboxylic acids is 1. The summed E-state index contributed by atoms with van der Waals surface area (Å²) in [6, 6.07) is 6.14. The standard InChI is InChI=1S/C15H22N2O/c1-15(2,3)14(18)17-13-6-4-5-10-9-11(16)7-8-12(10)13/h7-9,13H,4-6,16H2,1-3H3,(H,17,18). The highest BCUT2D eigenvalue weighted by Crippen LogP contribution is 2.31. The molecule has 3 heteroatoms. The van der Waals surface area contributed by atoms with Crippen LogP contribution in [0.15, 0.2) is 18.2 Å². The van der Waals surface area contributed by atoms with Gasteiger partial charge in [-0.2, -0.15) is 0 Å². The van der Waals surface area contributed by atoms with E-state index in [0.717, 1.165) is 24.9 Å². The second kappa shape index (κ2) is 4.63. The van der Waals surface area contributed by atoms with Gasteiger partial charge in [0.05, 0.1) is 6.04 Å². The van der Waals surface area contributed by atoms with Gasteiger partial charge < -0.3 is 11.1 Å². The van der Waals surface area contributed by atoms with Crippen molar-refractivity contribution in [2.75, 3.05) is 5.73 Å². The van der Waals surface area contributed by atoms with Gasteiger partial charge in [0.2, 0.25) is 5.91 Å². The van der Waals surface area contributed by atoms with Crippen molar-refractivity contribution in [1.82, 2.24) is 5.32 Å². The maximum atomic E-state index is 12.1. The zero-order chi connectivity index (χ0) is 13.3. The van der Waals surface area contributed by atoms with Crippen molar-refractivity contribution in [1.29, 1.82) is 0 Å². The van der Waals surface area contributed by atoms with Crippen LogP contribution in [0.4, 0.5) is 5.69 Å². The van der Waals surface area contributed by atoms with Crippen LogP contribution >= 0.6 is 0 Å². The van der Waals surface area contributed by atoms with Crippen LogP contribution in [0.1, 0.15) is 50.8 Å². The van der Waals surface area contributed by atoms with Gasteiger partial charge in [-0.05, 0) is 42.5 Å². The predicted molar refractivity (Wildman–Crippen MR) is 74.1 cm³/mol. The molecule has 98 valence electrons. The Balaban J connectivity index is 2.21. The Kier molecular flexibility index (Phi) is 3.33. The van der Waals surface area contributed by atoms with E-state index in [2.05, 4.69) is 11.4 Å². The number of nitrogens with one attached hydrogen (secondary N) is 1. The third kappa shape index (κ3) is 2.66. The van der Waals surface area contributed by atoms with E-state index in [1.54, 1.807) is 0 Å². The molecule has 2 rings (SSSR count). The monoisotopic (exact) mass is 246 g/mol. The fourth-order valence-electron chi connectivity index (χ4n) is 2.36. The summed E-state index contributed by atoms with van der Waals surface area (Å²) in [6.07, 6.45) is 3.17. The molecule has 1 aliphatic rings. The largest absolute Gasteiger partial charge is 0.399 e. The van der Waals surface area contributed by atoms with Gasteiger partial charge in [0, 0.05) is 11.1 Å². The predicted octanol–water partition coefficient (Wildman–Crippen LogP) is 2.81. The average molecular weight is 246 g/mol. The van der Waals surface area contributed by atoms with Gasteiger partial charge in [-0.25, -0.2) is 0 Å². The minimum absolute atomic E-state index is 0.108. The second-order valence-electron chi connectivity index (χ2n) is 6.13. The van der Waals surface area contributed by atoms with E-state index in [-0.39, 0.29) is 17.4 Å². The van der Waals surface area contributed by atoms with E-state index in [1.165, 1.54) is 11.1 Å². The molecule has 1 amide bonds. The summed E-state index contributed by atoms with van der Waals surface area (Å²) in [5.41, 5.74) is 8.78. The van der Waals surface area contributed by atoms with Crippen LogP contribution in [0, 0.1) is 5.41 Å². The van der Waals surface area contributed by atoms with Crippen LogP contribution in [0.3, 0.4) is 0 Å². The highest BCUT2D eigenvalue weighted by molar-refractivity contribution is 5.81. The van der Waals surface area contributed by atoms with Crippen LogP contribution in [-0.4, -0.2) is 5.91 Å². The fraction of sp³-hybridized carbons (Fsp3) is 0.533. The van der Waals surface area contributed by atoms with Crippen LogP contribution in [0.5, 0.6) is 0 Å². The minimum Gasteiger partial charge on any atom is -0.399 e. The fourth-order valence-corrected chi connectivity index (χ4v) is 2.36. The van der Waals surface area contributed by atoms with Crippen LogP contribution in [0.25, 0.3) is 0 Å². The maximum absolute atomic E-state index is 12.1. The molecule has 1 unspecified atom stereocenters. The number of rotatable bonds is 1. The topological polar surface area (TPSA) is 55.1 Å². The van der Waals surface area contributed by atoms with Crippen LogP contribution < -0.4 is 11.1 Å². The SMILES string of the molecule is CC(C)(C)C(=O)NC1CCCc2cc(N)ccc21. The van der Waals surface area contributed by atoms with Gasteiger partial charge in [-0.15, -0.1) is 0 Å². The molecule has 1 aliphatic carbocycles. The van der Waals surface area contributed by atoms with Gasteiger partial charge >= 0.3 is 0 Å². The molecule has 3 nitrogen and oxygen atoms in total. The number of fused-ring (bicyclic) bond motifs is 1. The third-order valence-corrected chi connectivity index (χ3v) is 3.47. The zero-order valence-corrected chi connectivity index (χ0v) is 11.4. The number of nitrogens with two attached hydrogens (primary N) is 1. The first-order chi connectivity index (χ1) is 8.38. The first kappa shape index (κ1) is 12.9. The quantitative estimate of drug-likeness (QED) is 0.749. The summed E-state index contributed by atoms with van der Waals surface area (Å²) in [5, 5.41) is 3.15. The number of amides is 1. The molecule has 1 atom stereocenters. The molecule has 0 spiro atoms. The summed E-state index contributed by atoms with van der Waals surface area (Å²) in [5.74, 6) is 0.108. The summed E-state index contributed by atoms with van der Waals surface area (Å²) < 4.78 is 0. The molecule has 0 fully saturated rings. The molecule has 3 N–H and O–H groups in total. The Hall–Kier alpha value is -1.51. The molecule has 0 saturated carbocycles. The van der Waals surface area contributed by atoms with Crippen molar-refractivity contribution in [3.05, 3.63) is 29.3 Å². The number of aryl methyl sites for hydroxylation is 1. The number of benzene rings is 1. The Labute approximate surface area is 109 Å². The lowest BCUT2D eigenvalue weighted by atomic mass is 9.86. The number of hydrogen-bond donors (Lipinski definition) is 2. The van der Waals surface area contributed by atoms with Crippen LogP contribution in [0.2, 0.25) is 0 Å². The van der Waals surface area contributed by atoms with E-state index >= 15 is 0 Å². The molecular formula is C15H22N2O. The van der Waals surface area contributed by atoms with Gasteiger partial charge in [0.25, 0.3) is 0 Å². The average Bonchev–Trinajstić information content (AvgIpc) is 2.27. The van der Waals surface area contributed by atoms with E-state index in [4.69, 9.17) is 5.73 Å². The van der Waals surface area contributed by atoms with Crippen molar-refractivity contribution in [3.8, 4) is 0 Å². The van der Waals surface area contributed by atoms with Gasteiger partial charge in [0.15, 0.2) is 0 Å². The maximum Gasteiger partial charge on any atom is 0.225 e. The molecule has 1 aromatic carbocycles. The van der Waals surface area contributed by atoms with E-state index < -0.39 is 0 Å². The smallest absolute Gasteiger partial charge is 0.225 e. The molecule has 1 aromatic rings. The zero-order valence-electron chi connectivity index (χ0n) is 11.4. The summed E-state index contributed by atoms with van der Waals surface area (Å²) >= 11 is 0. The van der Waals surface area contributed by atoms with Crippen molar-refractivity contribution in [3.63, 3.8) is 0 Å². The van der Waals surface area contributed by atoms with Crippen molar-refractivity contribution < 1.29 is 4.79 Å². The molecular weight excluding hydrogens is 224 g/mol. The Morgan fingerprint density at radius 3 is 2.78 bits per heavy atom. The first-order valence-electron chi connectivity index (χ1n) is 6.57. The summed E-state index contributed by atoms with van der Waals surface area (Å²) in [6.45, 7) is 5.82. The minimum atomic E-state index is -0.342. The lowest BCUT2D eigenvalue weighted by Gasteiger charge is -2.29. The Bertz CT molecular complexity index is 460. The third-order valence-electron chi connectivity index (χ3n) is 3.47.